The molecular formula is C25H33IN4. The Hall–Kier alpha value is -0.920. The largest absolute Gasteiger partial charge is 0.383 e. The molecule has 0 radical (unpaired) electrons. The van der Waals surface area contributed by atoms with E-state index in [0.717, 1.165) is 48.3 Å². The van der Waals surface area contributed by atoms with E-state index in [0.29, 0.717) is 0 Å². The monoisotopic (exact) mass is 516 g/mol. The second-order valence-corrected chi connectivity index (χ2v) is 11.5. The Morgan fingerprint density at radius 1 is 0.933 bits per heavy atom. The van der Waals surface area contributed by atoms with Crippen molar-refractivity contribution in [1.82, 2.24) is 14.8 Å². The van der Waals surface area contributed by atoms with Crippen LogP contribution in [-0.4, -0.2) is 60.1 Å². The number of piperazine rings is 1. The number of rotatable bonds is 5. The lowest BCUT2D eigenvalue weighted by Gasteiger charge is -2.58. The number of benzene rings is 1. The van der Waals surface area contributed by atoms with Gasteiger partial charge in [-0.1, -0.05) is 0 Å². The summed E-state index contributed by atoms with van der Waals surface area (Å²) in [5.41, 5.74) is 2.29. The van der Waals surface area contributed by atoms with Gasteiger partial charge >= 0.3 is 0 Å². The van der Waals surface area contributed by atoms with Crippen LogP contribution >= 0.6 is 22.6 Å². The molecule has 1 N–H and O–H groups in total. The average Bonchev–Trinajstić information content (AvgIpc) is 2.74. The highest BCUT2D eigenvalue weighted by molar-refractivity contribution is 14.1. The van der Waals surface area contributed by atoms with E-state index in [1.807, 2.05) is 6.20 Å². The number of fused-ring (bicyclic) bond motifs is 1. The number of hydrogen-bond acceptors (Lipinski definition) is 4. The zero-order valence-corrected chi connectivity index (χ0v) is 19.9. The van der Waals surface area contributed by atoms with Crippen LogP contribution in [0.25, 0.3) is 10.9 Å². The minimum absolute atomic E-state index is 0.920. The molecule has 4 saturated carbocycles. The number of nitrogens with one attached hydrogen (secondary N) is 1. The molecular weight excluding hydrogens is 483 g/mol. The van der Waals surface area contributed by atoms with Crippen LogP contribution in [-0.2, 0) is 0 Å². The quantitative estimate of drug-likeness (QED) is 0.585. The number of hydrogen-bond donors (Lipinski definition) is 1. The topological polar surface area (TPSA) is 31.4 Å². The van der Waals surface area contributed by atoms with Crippen LogP contribution < -0.4 is 5.32 Å². The Balaban J connectivity index is 1.02. The summed E-state index contributed by atoms with van der Waals surface area (Å²) in [7, 11) is 0. The molecule has 1 saturated heterocycles. The second kappa shape index (κ2) is 8.21. The molecule has 1 aromatic heterocycles. The molecule has 5 fully saturated rings. The van der Waals surface area contributed by atoms with Crippen molar-refractivity contribution in [2.75, 3.05) is 44.6 Å². The first-order valence-corrected chi connectivity index (χ1v) is 13.1. The molecule has 0 atom stereocenters. The van der Waals surface area contributed by atoms with E-state index in [1.54, 1.807) is 32.1 Å². The van der Waals surface area contributed by atoms with Gasteiger partial charge in [-0.25, -0.2) is 0 Å². The third kappa shape index (κ3) is 3.75. The summed E-state index contributed by atoms with van der Waals surface area (Å²) in [6.07, 6.45) is 9.65. The van der Waals surface area contributed by atoms with Gasteiger partial charge in [0.1, 0.15) is 0 Å². The summed E-state index contributed by atoms with van der Waals surface area (Å²) in [5, 5.41) is 4.90. The number of aromatic nitrogens is 1. The summed E-state index contributed by atoms with van der Waals surface area (Å²) in [6.45, 7) is 7.17. The lowest BCUT2D eigenvalue weighted by molar-refractivity contribution is -0.0761. The standard InChI is InChI=1S/C25H33IN4/c26-21-1-2-22-23(3-4-27-24(22)16-21)28-5-6-29-7-9-30(10-8-29)25-19-12-17-11-18(14-19)15-20(25)13-17/h1-4,16-20,25H,5-15H2,(H,27,28). The lowest BCUT2D eigenvalue weighted by atomic mass is 9.54. The zero-order chi connectivity index (χ0) is 20.1. The van der Waals surface area contributed by atoms with Gasteiger partial charge in [-0.15, -0.1) is 0 Å². The molecule has 0 unspecified atom stereocenters. The molecule has 7 rings (SSSR count). The highest BCUT2D eigenvalue weighted by Gasteiger charge is 2.50. The maximum absolute atomic E-state index is 4.52. The molecule has 30 heavy (non-hydrogen) atoms. The molecule has 160 valence electrons. The Kier molecular flexibility index (Phi) is 5.40. The van der Waals surface area contributed by atoms with Crippen molar-refractivity contribution in [1.29, 1.82) is 0 Å². The summed E-state index contributed by atoms with van der Waals surface area (Å²) in [5.74, 6) is 4.22. The van der Waals surface area contributed by atoms with Gasteiger partial charge in [-0.3, -0.25) is 14.8 Å². The van der Waals surface area contributed by atoms with E-state index in [-0.39, 0.29) is 0 Å². The summed E-state index contributed by atoms with van der Waals surface area (Å²) in [4.78, 5) is 10.1. The maximum atomic E-state index is 4.52. The van der Waals surface area contributed by atoms with Gasteiger partial charge in [-0.05, 0) is 103 Å². The number of halogens is 1. The van der Waals surface area contributed by atoms with Gasteiger partial charge in [0.25, 0.3) is 0 Å². The number of pyridine rings is 1. The highest BCUT2D eigenvalue weighted by Crippen LogP contribution is 2.55. The number of anilines is 1. The van der Waals surface area contributed by atoms with Crippen LogP contribution in [0.3, 0.4) is 0 Å². The van der Waals surface area contributed by atoms with Gasteiger partial charge in [0.15, 0.2) is 0 Å². The third-order valence-electron chi connectivity index (χ3n) is 8.45. The van der Waals surface area contributed by atoms with Crippen LogP contribution in [0, 0.1) is 27.2 Å². The summed E-state index contributed by atoms with van der Waals surface area (Å²) in [6, 6.07) is 9.54. The van der Waals surface area contributed by atoms with Crippen molar-refractivity contribution in [2.45, 2.75) is 38.1 Å². The Labute approximate surface area is 193 Å². The Morgan fingerprint density at radius 3 is 2.40 bits per heavy atom. The molecule has 5 heteroatoms. The van der Waals surface area contributed by atoms with E-state index in [4.69, 9.17) is 0 Å². The molecule has 4 bridgehead atoms. The minimum Gasteiger partial charge on any atom is -0.383 e. The van der Waals surface area contributed by atoms with E-state index in [2.05, 4.69) is 67.0 Å². The average molecular weight is 516 g/mol. The Bertz CT molecular complexity index is 879. The van der Waals surface area contributed by atoms with Crippen LogP contribution in [0.5, 0.6) is 0 Å². The molecule has 4 nitrogen and oxygen atoms in total. The fraction of sp³-hybridized carbons (Fsp3) is 0.640. The van der Waals surface area contributed by atoms with Crippen molar-refractivity contribution >= 4 is 39.2 Å². The molecule has 1 aromatic carbocycles. The van der Waals surface area contributed by atoms with Gasteiger partial charge < -0.3 is 5.32 Å². The smallest absolute Gasteiger partial charge is 0.0733 e. The van der Waals surface area contributed by atoms with Crippen molar-refractivity contribution in [3.05, 3.63) is 34.0 Å². The SMILES string of the molecule is Ic1ccc2c(NCCN3CCN(C4C5CC6CC(C5)CC4C6)CC3)ccnc2c1. The van der Waals surface area contributed by atoms with Crippen LogP contribution in [0.2, 0.25) is 0 Å². The summed E-state index contributed by atoms with van der Waals surface area (Å²) < 4.78 is 1.24. The zero-order valence-electron chi connectivity index (χ0n) is 17.8. The molecule has 0 spiro atoms. The van der Waals surface area contributed by atoms with E-state index in [1.165, 1.54) is 40.8 Å². The normalized spacial score (nSPS) is 34.0. The predicted molar refractivity (Wildman–Crippen MR) is 132 cm³/mol. The van der Waals surface area contributed by atoms with Gasteiger partial charge in [0.2, 0.25) is 0 Å². The van der Waals surface area contributed by atoms with Crippen molar-refractivity contribution < 1.29 is 0 Å². The fourth-order valence-corrected chi connectivity index (χ4v) is 7.88. The van der Waals surface area contributed by atoms with E-state index >= 15 is 0 Å². The summed E-state index contributed by atoms with van der Waals surface area (Å²) >= 11 is 2.36. The Morgan fingerprint density at radius 2 is 1.67 bits per heavy atom. The maximum Gasteiger partial charge on any atom is 0.0733 e. The number of nitrogens with zero attached hydrogens (tertiary/aromatic N) is 3. The predicted octanol–water partition coefficient (Wildman–Crippen LogP) is 4.69. The van der Waals surface area contributed by atoms with Gasteiger partial charge in [-0.2, -0.15) is 0 Å². The van der Waals surface area contributed by atoms with Crippen molar-refractivity contribution in [3.8, 4) is 0 Å². The molecule has 5 aliphatic rings. The second-order valence-electron chi connectivity index (χ2n) is 10.2. The first-order chi connectivity index (χ1) is 14.7. The third-order valence-corrected chi connectivity index (χ3v) is 9.12. The van der Waals surface area contributed by atoms with E-state index < -0.39 is 0 Å². The first-order valence-electron chi connectivity index (χ1n) is 12.0. The van der Waals surface area contributed by atoms with Gasteiger partial charge in [0.05, 0.1) is 5.52 Å². The minimum atomic E-state index is 0.920. The van der Waals surface area contributed by atoms with Crippen LogP contribution in [0.1, 0.15) is 32.1 Å². The van der Waals surface area contributed by atoms with Crippen LogP contribution in [0.4, 0.5) is 5.69 Å². The molecule has 2 aromatic rings. The van der Waals surface area contributed by atoms with Crippen molar-refractivity contribution in [3.63, 3.8) is 0 Å². The highest BCUT2D eigenvalue weighted by atomic mass is 127. The first kappa shape index (κ1) is 19.7. The van der Waals surface area contributed by atoms with Gasteiger partial charge in [0, 0.05) is 66.2 Å². The van der Waals surface area contributed by atoms with E-state index in [9.17, 15) is 0 Å². The molecule has 0 amide bonds. The lowest BCUT2D eigenvalue weighted by Crippen LogP contribution is -2.60. The molecule has 2 heterocycles. The fourth-order valence-electron chi connectivity index (χ4n) is 7.40. The van der Waals surface area contributed by atoms with Crippen molar-refractivity contribution in [2.24, 2.45) is 23.7 Å². The molecule has 4 aliphatic carbocycles. The molecule has 1 aliphatic heterocycles. The van der Waals surface area contributed by atoms with Crippen LogP contribution in [0.15, 0.2) is 30.5 Å².